The van der Waals surface area contributed by atoms with Crippen LogP contribution in [0.5, 0.6) is 0 Å². The third-order valence-corrected chi connectivity index (χ3v) is 31.8. The van der Waals surface area contributed by atoms with E-state index in [-0.39, 0.29) is 5.48 Å². The van der Waals surface area contributed by atoms with E-state index in [4.69, 9.17) is 17.1 Å². The van der Waals surface area contributed by atoms with Crippen LogP contribution in [0, 0.1) is 0 Å². The van der Waals surface area contributed by atoms with Crippen LogP contribution >= 0.6 is 0 Å². The average Bonchev–Trinajstić information content (AvgIpc) is 2.19. The molecule has 148 valence electrons. The molecule has 0 aromatic heterocycles. The summed E-state index contributed by atoms with van der Waals surface area (Å²) >= 11 is 0. The van der Waals surface area contributed by atoms with Crippen molar-refractivity contribution >= 4 is 40.9 Å². The molecule has 0 aromatic rings. The highest BCUT2D eigenvalue weighted by molar-refractivity contribution is 7.38. The monoisotopic (exact) mass is 430 g/mol. The lowest BCUT2D eigenvalue weighted by molar-refractivity contribution is 0.158. The fraction of sp³-hybridized carbons (Fsp3) is 1.00. The molecule has 1 atom stereocenters. The summed E-state index contributed by atoms with van der Waals surface area (Å²) in [6.45, 7) is 27.7. The minimum absolute atomic E-state index is 0. The molecule has 0 heterocycles. The van der Waals surface area contributed by atoms with Crippen LogP contribution in [0.25, 0.3) is 0 Å². The van der Waals surface area contributed by atoms with Gasteiger partial charge in [-0.05, 0) is 59.3 Å². The van der Waals surface area contributed by atoms with Gasteiger partial charge in [-0.25, -0.2) is 0 Å². The molecule has 2 N–H and O–H groups in total. The van der Waals surface area contributed by atoms with E-state index in [0.29, 0.717) is 12.8 Å². The zero-order valence-electron chi connectivity index (χ0n) is 18.0. The first-order valence-electron chi connectivity index (χ1n) is 8.61. The summed E-state index contributed by atoms with van der Waals surface area (Å²) in [7, 11) is -9.37. The maximum absolute atomic E-state index is 6.71. The average molecular weight is 431 g/mol. The van der Waals surface area contributed by atoms with Gasteiger partial charge in [-0.1, -0.05) is 19.6 Å². The molecule has 0 aliphatic carbocycles. The van der Waals surface area contributed by atoms with Crippen molar-refractivity contribution in [3.05, 3.63) is 0 Å². The van der Waals surface area contributed by atoms with Crippen LogP contribution in [0.1, 0.15) is 6.92 Å². The minimum atomic E-state index is -2.39. The molecule has 5 nitrogen and oxygen atoms in total. The van der Waals surface area contributed by atoms with Gasteiger partial charge in [-0.2, -0.15) is 0 Å². The molecule has 0 aromatic carbocycles. The molecular formula is C14H42O5Si5. The van der Waals surface area contributed by atoms with Gasteiger partial charge < -0.3 is 22.6 Å². The first-order chi connectivity index (χ1) is 9.93. The van der Waals surface area contributed by atoms with Gasteiger partial charge in [0.05, 0.1) is 13.8 Å². The number of rotatable bonds is 10. The van der Waals surface area contributed by atoms with Gasteiger partial charge in [0.2, 0.25) is 0 Å². The lowest BCUT2D eigenvalue weighted by Crippen LogP contribution is -2.64. The van der Waals surface area contributed by atoms with Gasteiger partial charge in [-0.15, -0.1) is 0 Å². The fourth-order valence-electron chi connectivity index (χ4n) is 2.32. The predicted molar refractivity (Wildman–Crippen MR) is 117 cm³/mol. The number of ether oxygens (including phenoxy) is 1. The standard InChI is InChI=1S/C14H40O4Si5.H2O/c1-13-15-14-23(12,16-19(2,3)4)18-21(8,9)17-22(10,11)20(5,6)7;/h13-14H2,1-12H3;1H2. The maximum Gasteiger partial charge on any atom is 0.342 e. The van der Waals surface area contributed by atoms with Crippen LogP contribution in [-0.4, -0.2) is 59.2 Å². The topological polar surface area (TPSA) is 68.4 Å². The first kappa shape index (κ1) is 27.1. The van der Waals surface area contributed by atoms with Crippen LogP contribution < -0.4 is 0 Å². The fourth-order valence-corrected chi connectivity index (χ4v) is 24.9. The molecular weight excluding hydrogens is 389 g/mol. The third-order valence-electron chi connectivity index (χ3n) is 3.86. The van der Waals surface area contributed by atoms with E-state index in [1.54, 1.807) is 0 Å². The number of hydrogen-bond donors (Lipinski definition) is 0. The second-order valence-corrected chi connectivity index (χ2v) is 37.0. The van der Waals surface area contributed by atoms with Gasteiger partial charge in [0, 0.05) is 6.61 Å². The first-order valence-corrected chi connectivity index (χ1v) is 24.8. The Morgan fingerprint density at radius 3 is 1.46 bits per heavy atom. The van der Waals surface area contributed by atoms with Gasteiger partial charge >= 0.3 is 17.1 Å². The van der Waals surface area contributed by atoms with E-state index in [9.17, 15) is 0 Å². The van der Waals surface area contributed by atoms with Crippen LogP contribution in [0.4, 0.5) is 0 Å². The van der Waals surface area contributed by atoms with Gasteiger partial charge in [0.1, 0.15) is 0 Å². The molecule has 0 amide bonds. The second kappa shape index (κ2) is 9.19. The zero-order valence-corrected chi connectivity index (χ0v) is 23.0. The molecule has 0 fully saturated rings. The maximum atomic E-state index is 6.71. The van der Waals surface area contributed by atoms with E-state index >= 15 is 0 Å². The van der Waals surface area contributed by atoms with Crippen molar-refractivity contribution in [1.29, 1.82) is 0 Å². The molecule has 10 heteroatoms. The van der Waals surface area contributed by atoms with Crippen LogP contribution in [0.15, 0.2) is 0 Å². The zero-order chi connectivity index (χ0) is 18.7. The van der Waals surface area contributed by atoms with Crippen molar-refractivity contribution < 1.29 is 22.6 Å². The molecule has 0 saturated carbocycles. The third kappa shape index (κ3) is 10.1. The second-order valence-electron chi connectivity index (χ2n) is 9.35. The van der Waals surface area contributed by atoms with E-state index < -0.39 is 40.9 Å². The van der Waals surface area contributed by atoms with E-state index in [1.165, 1.54) is 0 Å². The van der Waals surface area contributed by atoms with Gasteiger partial charge in [-0.3, -0.25) is 0 Å². The Kier molecular flexibility index (Phi) is 10.4. The molecule has 0 bridgehead atoms. The molecule has 0 rings (SSSR count). The van der Waals surface area contributed by atoms with Gasteiger partial charge in [0.25, 0.3) is 0 Å². The van der Waals surface area contributed by atoms with E-state index in [2.05, 4.69) is 72.0 Å². The Bertz CT molecular complexity index is 379. The highest BCUT2D eigenvalue weighted by Gasteiger charge is 2.48. The largest absolute Gasteiger partial charge is 0.439 e. The summed E-state index contributed by atoms with van der Waals surface area (Å²) in [5.41, 5.74) is 0. The quantitative estimate of drug-likeness (QED) is 0.491. The van der Waals surface area contributed by atoms with Crippen molar-refractivity contribution in [3.8, 4) is 0 Å². The Labute approximate surface area is 155 Å². The summed E-state index contributed by atoms with van der Waals surface area (Å²) < 4.78 is 25.5. The minimum Gasteiger partial charge on any atom is -0.439 e. The highest BCUT2D eigenvalue weighted by Crippen LogP contribution is 2.28. The van der Waals surface area contributed by atoms with Gasteiger partial charge in [0.15, 0.2) is 16.2 Å². The van der Waals surface area contributed by atoms with Crippen molar-refractivity contribution in [3.63, 3.8) is 0 Å². The summed E-state index contributed by atoms with van der Waals surface area (Å²) in [4.78, 5) is 0. The smallest absolute Gasteiger partial charge is 0.342 e. The SMILES string of the molecule is CCOC[Si](C)(O[Si](C)(C)C)O[Si](C)(C)O[Si](C)(C)[Si](C)(C)C.O. The summed E-state index contributed by atoms with van der Waals surface area (Å²) in [5, 5.41) is 0. The normalized spacial score (nSPS) is 16.5. The molecule has 0 spiro atoms. The summed E-state index contributed by atoms with van der Waals surface area (Å²) in [6.07, 6.45) is 0.586. The highest BCUT2D eigenvalue weighted by atomic mass is 29.3. The molecule has 0 radical (unpaired) electrons. The summed E-state index contributed by atoms with van der Waals surface area (Å²) in [5.74, 6) is 0. The van der Waals surface area contributed by atoms with Crippen LogP contribution in [0.2, 0.25) is 72.0 Å². The van der Waals surface area contributed by atoms with Crippen LogP contribution in [-0.2, 0) is 17.1 Å². The summed E-state index contributed by atoms with van der Waals surface area (Å²) in [6, 6.07) is 0. The van der Waals surface area contributed by atoms with E-state index in [1.807, 2.05) is 6.92 Å². The molecule has 0 saturated heterocycles. The lowest BCUT2D eigenvalue weighted by Gasteiger charge is -2.44. The lowest BCUT2D eigenvalue weighted by atomic mass is 10.9. The number of hydrogen-bond acceptors (Lipinski definition) is 4. The Hall–Kier alpha value is 0.884. The van der Waals surface area contributed by atoms with Crippen molar-refractivity contribution in [2.24, 2.45) is 0 Å². The van der Waals surface area contributed by atoms with E-state index in [0.717, 1.165) is 0 Å². The molecule has 0 aliphatic rings. The Balaban J connectivity index is 0. The molecule has 0 aliphatic heterocycles. The van der Waals surface area contributed by atoms with Crippen molar-refractivity contribution in [2.75, 3.05) is 12.8 Å². The van der Waals surface area contributed by atoms with Crippen molar-refractivity contribution in [2.45, 2.75) is 78.9 Å². The predicted octanol–water partition coefficient (Wildman–Crippen LogP) is 4.02. The Morgan fingerprint density at radius 2 is 1.12 bits per heavy atom. The molecule has 24 heavy (non-hydrogen) atoms. The van der Waals surface area contributed by atoms with Crippen molar-refractivity contribution in [1.82, 2.24) is 0 Å². The molecule has 1 unspecified atom stereocenters. The van der Waals surface area contributed by atoms with Crippen LogP contribution in [0.3, 0.4) is 0 Å². The Morgan fingerprint density at radius 1 is 0.667 bits per heavy atom.